The van der Waals surface area contributed by atoms with Crippen LogP contribution < -0.4 is 5.32 Å². The molecule has 0 radical (unpaired) electrons. The van der Waals surface area contributed by atoms with E-state index in [0.29, 0.717) is 5.71 Å². The second kappa shape index (κ2) is 6.65. The van der Waals surface area contributed by atoms with E-state index in [9.17, 15) is 9.59 Å². The fourth-order valence-electron chi connectivity index (χ4n) is 3.90. The van der Waals surface area contributed by atoms with Crippen molar-refractivity contribution < 1.29 is 9.59 Å². The van der Waals surface area contributed by atoms with E-state index in [-0.39, 0.29) is 24.4 Å². The molecule has 2 aliphatic rings. The molecule has 2 aromatic carbocycles. The van der Waals surface area contributed by atoms with Crippen molar-refractivity contribution >= 4 is 17.5 Å². The van der Waals surface area contributed by atoms with Crippen molar-refractivity contribution in [3.05, 3.63) is 71.3 Å². The standard InChI is InChI=1S/C22H23N3O2/c1-22(2)24-20(16-9-4-3-5-10-16)21(27)25(22)14-19(26)23-18-13-12-15-8-6-7-11-17(15)18/h3-11,18H,12-14H2,1-2H3,(H,23,26). The average molecular weight is 361 g/mol. The fraction of sp³-hybridized carbons (Fsp3) is 0.318. The second-order valence-electron chi connectivity index (χ2n) is 7.57. The van der Waals surface area contributed by atoms with Gasteiger partial charge in [0.25, 0.3) is 5.91 Å². The lowest BCUT2D eigenvalue weighted by molar-refractivity contribution is -0.134. The Morgan fingerprint density at radius 2 is 1.85 bits per heavy atom. The summed E-state index contributed by atoms with van der Waals surface area (Å²) in [7, 11) is 0. The van der Waals surface area contributed by atoms with Gasteiger partial charge in [-0.25, -0.2) is 0 Å². The third-order valence-corrected chi connectivity index (χ3v) is 5.31. The Kier molecular flexibility index (Phi) is 4.30. The van der Waals surface area contributed by atoms with Crippen LogP contribution in [0.5, 0.6) is 0 Å². The second-order valence-corrected chi connectivity index (χ2v) is 7.57. The van der Waals surface area contributed by atoms with E-state index in [0.717, 1.165) is 18.4 Å². The van der Waals surface area contributed by atoms with E-state index in [1.807, 2.05) is 56.3 Å². The zero-order valence-electron chi connectivity index (χ0n) is 15.6. The van der Waals surface area contributed by atoms with Crippen LogP contribution in [0.15, 0.2) is 59.6 Å². The summed E-state index contributed by atoms with van der Waals surface area (Å²) >= 11 is 0. The van der Waals surface area contributed by atoms with Crippen LogP contribution in [0, 0.1) is 0 Å². The van der Waals surface area contributed by atoms with Crippen molar-refractivity contribution in [2.75, 3.05) is 6.54 Å². The number of amides is 2. The molecule has 0 aromatic heterocycles. The van der Waals surface area contributed by atoms with Gasteiger partial charge in [-0.1, -0.05) is 54.6 Å². The molecule has 1 aliphatic heterocycles. The predicted octanol–water partition coefficient (Wildman–Crippen LogP) is 2.86. The SMILES string of the molecule is CC1(C)N=C(c2ccccc2)C(=O)N1CC(=O)NC1CCc2ccccc21. The Hall–Kier alpha value is -2.95. The summed E-state index contributed by atoms with van der Waals surface area (Å²) in [6.07, 6.45) is 1.87. The van der Waals surface area contributed by atoms with E-state index in [2.05, 4.69) is 22.4 Å². The maximum absolute atomic E-state index is 12.9. The first-order valence-corrected chi connectivity index (χ1v) is 9.30. The summed E-state index contributed by atoms with van der Waals surface area (Å²) in [5, 5.41) is 3.09. The highest BCUT2D eigenvalue weighted by atomic mass is 16.2. The summed E-state index contributed by atoms with van der Waals surface area (Å²) in [5.41, 5.74) is 2.92. The Balaban J connectivity index is 1.47. The molecule has 5 heteroatoms. The third kappa shape index (κ3) is 3.25. The molecule has 1 N–H and O–H groups in total. The highest BCUT2D eigenvalue weighted by Gasteiger charge is 2.41. The fourth-order valence-corrected chi connectivity index (χ4v) is 3.90. The molecule has 2 aromatic rings. The molecule has 2 amide bonds. The number of carbonyl (C=O) groups is 2. The highest BCUT2D eigenvalue weighted by Crippen LogP contribution is 2.31. The smallest absolute Gasteiger partial charge is 0.275 e. The van der Waals surface area contributed by atoms with Gasteiger partial charge in [0.05, 0.1) is 6.04 Å². The van der Waals surface area contributed by atoms with E-state index >= 15 is 0 Å². The molecule has 0 fully saturated rings. The quantitative estimate of drug-likeness (QED) is 0.910. The van der Waals surface area contributed by atoms with Gasteiger partial charge in [-0.3, -0.25) is 14.6 Å². The number of hydrogen-bond donors (Lipinski definition) is 1. The molecule has 1 aliphatic carbocycles. The molecule has 1 atom stereocenters. The van der Waals surface area contributed by atoms with Crippen LogP contribution in [0.2, 0.25) is 0 Å². The summed E-state index contributed by atoms with van der Waals surface area (Å²) in [6.45, 7) is 3.72. The summed E-state index contributed by atoms with van der Waals surface area (Å²) in [5.74, 6) is -0.351. The zero-order valence-corrected chi connectivity index (χ0v) is 15.6. The van der Waals surface area contributed by atoms with Crippen molar-refractivity contribution in [1.29, 1.82) is 0 Å². The van der Waals surface area contributed by atoms with Crippen molar-refractivity contribution in [2.45, 2.75) is 38.4 Å². The van der Waals surface area contributed by atoms with Crippen LogP contribution in [0.1, 0.15) is 43.0 Å². The minimum absolute atomic E-state index is 0.00430. The molecular formula is C22H23N3O2. The number of benzene rings is 2. The lowest BCUT2D eigenvalue weighted by Crippen LogP contribution is -2.48. The van der Waals surface area contributed by atoms with Gasteiger partial charge < -0.3 is 10.2 Å². The minimum Gasteiger partial charge on any atom is -0.348 e. The van der Waals surface area contributed by atoms with Gasteiger partial charge >= 0.3 is 0 Å². The monoisotopic (exact) mass is 361 g/mol. The first kappa shape index (κ1) is 17.5. The molecule has 4 rings (SSSR count). The Labute approximate surface area is 159 Å². The summed E-state index contributed by atoms with van der Waals surface area (Å²) in [6, 6.07) is 17.6. The molecule has 0 saturated heterocycles. The minimum atomic E-state index is -0.743. The number of hydrogen-bond acceptors (Lipinski definition) is 3. The number of rotatable bonds is 4. The number of carbonyl (C=O) groups excluding carboxylic acids is 2. The van der Waals surface area contributed by atoms with Crippen LogP contribution >= 0.6 is 0 Å². The van der Waals surface area contributed by atoms with Crippen LogP contribution in [0.3, 0.4) is 0 Å². The van der Waals surface area contributed by atoms with Crippen molar-refractivity contribution in [3.63, 3.8) is 0 Å². The van der Waals surface area contributed by atoms with Crippen LogP contribution in [0.4, 0.5) is 0 Å². The summed E-state index contributed by atoms with van der Waals surface area (Å²) in [4.78, 5) is 31.7. The maximum atomic E-state index is 12.9. The van der Waals surface area contributed by atoms with Gasteiger partial charge in [0, 0.05) is 5.56 Å². The molecule has 0 saturated carbocycles. The number of nitrogens with zero attached hydrogens (tertiary/aromatic N) is 2. The Morgan fingerprint density at radius 1 is 1.15 bits per heavy atom. The maximum Gasteiger partial charge on any atom is 0.275 e. The van der Waals surface area contributed by atoms with E-state index in [1.54, 1.807) is 4.90 Å². The molecule has 0 spiro atoms. The predicted molar refractivity (Wildman–Crippen MR) is 104 cm³/mol. The zero-order chi connectivity index (χ0) is 19.0. The van der Waals surface area contributed by atoms with Crippen molar-refractivity contribution in [1.82, 2.24) is 10.2 Å². The summed E-state index contributed by atoms with van der Waals surface area (Å²) < 4.78 is 0. The van der Waals surface area contributed by atoms with Gasteiger partial charge in [-0.15, -0.1) is 0 Å². The normalized spacial score (nSPS) is 20.4. The van der Waals surface area contributed by atoms with Crippen molar-refractivity contribution in [3.8, 4) is 0 Å². The number of nitrogens with one attached hydrogen (secondary N) is 1. The number of aliphatic imine (C=N–C) groups is 1. The topological polar surface area (TPSA) is 61.8 Å². The van der Waals surface area contributed by atoms with Gasteiger partial charge in [-0.05, 0) is 37.8 Å². The molecule has 0 bridgehead atoms. The first-order valence-electron chi connectivity index (χ1n) is 9.30. The van der Waals surface area contributed by atoms with Gasteiger partial charge in [0.15, 0.2) is 0 Å². The van der Waals surface area contributed by atoms with Gasteiger partial charge in [0.2, 0.25) is 5.91 Å². The Morgan fingerprint density at radius 3 is 2.63 bits per heavy atom. The number of aryl methyl sites for hydroxylation is 1. The molecule has 1 unspecified atom stereocenters. The number of fused-ring (bicyclic) bond motifs is 1. The largest absolute Gasteiger partial charge is 0.348 e. The van der Waals surface area contributed by atoms with Gasteiger partial charge in [-0.2, -0.15) is 0 Å². The van der Waals surface area contributed by atoms with E-state index < -0.39 is 5.66 Å². The lowest BCUT2D eigenvalue weighted by Gasteiger charge is -2.29. The first-order chi connectivity index (χ1) is 13.0. The van der Waals surface area contributed by atoms with E-state index in [4.69, 9.17) is 0 Å². The van der Waals surface area contributed by atoms with E-state index in [1.165, 1.54) is 11.1 Å². The van der Waals surface area contributed by atoms with Crippen LogP contribution in [-0.2, 0) is 16.0 Å². The highest BCUT2D eigenvalue weighted by molar-refractivity contribution is 6.46. The van der Waals surface area contributed by atoms with Crippen LogP contribution in [-0.4, -0.2) is 34.6 Å². The Bertz CT molecular complexity index is 918. The molecule has 27 heavy (non-hydrogen) atoms. The molecule has 138 valence electrons. The third-order valence-electron chi connectivity index (χ3n) is 5.31. The van der Waals surface area contributed by atoms with Crippen molar-refractivity contribution in [2.24, 2.45) is 4.99 Å². The van der Waals surface area contributed by atoms with Gasteiger partial charge in [0.1, 0.15) is 17.9 Å². The molecular weight excluding hydrogens is 338 g/mol. The molecule has 1 heterocycles. The molecule has 5 nitrogen and oxygen atoms in total. The van der Waals surface area contributed by atoms with Crippen LogP contribution in [0.25, 0.3) is 0 Å². The average Bonchev–Trinajstić information content (AvgIpc) is 3.16. The lowest BCUT2D eigenvalue weighted by atomic mass is 10.1.